The molecule has 1 rings (SSSR count). The van der Waals surface area contributed by atoms with E-state index in [0.717, 1.165) is 0 Å². The molecule has 0 radical (unpaired) electrons. The fourth-order valence-corrected chi connectivity index (χ4v) is 2.56. The van der Waals surface area contributed by atoms with Crippen molar-refractivity contribution in [1.82, 2.24) is 10.0 Å². The first-order valence-corrected chi connectivity index (χ1v) is 6.05. The molecule has 1 heterocycles. The first-order chi connectivity index (χ1) is 6.94. The summed E-state index contributed by atoms with van der Waals surface area (Å²) < 4.78 is 29.9. The molecule has 1 fully saturated rings. The monoisotopic (exact) mass is 238 g/mol. The van der Waals surface area contributed by atoms with Crippen LogP contribution in [0.15, 0.2) is 0 Å². The summed E-state index contributed by atoms with van der Waals surface area (Å²) in [6, 6.07) is -0.403. The SMILES string of the molecule is CO[C@H]1CNCC1NS(=O)(=O)CC(=O)O. The van der Waals surface area contributed by atoms with Crippen LogP contribution >= 0.6 is 0 Å². The zero-order valence-electron chi connectivity index (χ0n) is 8.26. The van der Waals surface area contributed by atoms with Gasteiger partial charge in [-0.3, -0.25) is 4.79 Å². The minimum Gasteiger partial charge on any atom is -0.480 e. The Morgan fingerprint density at radius 2 is 2.27 bits per heavy atom. The number of nitrogens with one attached hydrogen (secondary N) is 2. The third-order valence-corrected chi connectivity index (χ3v) is 3.39. The molecule has 88 valence electrons. The number of ether oxygens (including phenoxy) is 1. The van der Waals surface area contributed by atoms with E-state index in [1.54, 1.807) is 0 Å². The van der Waals surface area contributed by atoms with Crippen LogP contribution in [0, 0.1) is 0 Å². The molecule has 0 aromatic heterocycles. The van der Waals surface area contributed by atoms with Crippen molar-refractivity contribution in [2.45, 2.75) is 12.1 Å². The quantitative estimate of drug-likeness (QED) is 0.510. The van der Waals surface area contributed by atoms with Crippen molar-refractivity contribution in [3.8, 4) is 0 Å². The van der Waals surface area contributed by atoms with Crippen molar-refractivity contribution in [3.05, 3.63) is 0 Å². The van der Waals surface area contributed by atoms with Crippen LogP contribution in [0.5, 0.6) is 0 Å². The number of carboxylic acid groups (broad SMARTS) is 1. The Morgan fingerprint density at radius 1 is 1.60 bits per heavy atom. The fourth-order valence-electron chi connectivity index (χ4n) is 1.45. The highest BCUT2D eigenvalue weighted by molar-refractivity contribution is 7.90. The Hall–Kier alpha value is -0.700. The number of carbonyl (C=O) groups is 1. The second kappa shape index (κ2) is 4.88. The maximum atomic E-state index is 11.3. The third kappa shape index (κ3) is 3.74. The third-order valence-electron chi connectivity index (χ3n) is 2.11. The summed E-state index contributed by atoms with van der Waals surface area (Å²) in [7, 11) is -2.29. The van der Waals surface area contributed by atoms with Crippen LogP contribution in [0.3, 0.4) is 0 Å². The maximum absolute atomic E-state index is 11.3. The summed E-state index contributed by atoms with van der Waals surface area (Å²) in [5.41, 5.74) is 0. The van der Waals surface area contributed by atoms with E-state index in [9.17, 15) is 13.2 Å². The highest BCUT2D eigenvalue weighted by atomic mass is 32.2. The second-order valence-electron chi connectivity index (χ2n) is 3.31. The van der Waals surface area contributed by atoms with Crippen LogP contribution in [-0.2, 0) is 19.6 Å². The van der Waals surface area contributed by atoms with E-state index in [0.29, 0.717) is 13.1 Å². The molecule has 1 saturated heterocycles. The number of methoxy groups -OCH3 is 1. The van der Waals surface area contributed by atoms with Gasteiger partial charge < -0.3 is 15.2 Å². The molecule has 15 heavy (non-hydrogen) atoms. The summed E-state index contributed by atoms with van der Waals surface area (Å²) in [6.45, 7) is 0.994. The van der Waals surface area contributed by atoms with E-state index >= 15 is 0 Å². The predicted octanol–water partition coefficient (Wildman–Crippen LogP) is -2.02. The van der Waals surface area contributed by atoms with Crippen molar-refractivity contribution < 1.29 is 23.1 Å². The van der Waals surface area contributed by atoms with Crippen molar-refractivity contribution in [2.75, 3.05) is 26.0 Å². The number of carboxylic acids is 1. The van der Waals surface area contributed by atoms with Gasteiger partial charge in [-0.15, -0.1) is 0 Å². The van der Waals surface area contributed by atoms with E-state index in [2.05, 4.69) is 10.0 Å². The Balaban J connectivity index is 2.57. The highest BCUT2D eigenvalue weighted by Gasteiger charge is 2.31. The van der Waals surface area contributed by atoms with Gasteiger partial charge in [0.1, 0.15) is 0 Å². The normalized spacial score (nSPS) is 26.7. The van der Waals surface area contributed by atoms with Gasteiger partial charge in [0.25, 0.3) is 0 Å². The van der Waals surface area contributed by atoms with E-state index in [4.69, 9.17) is 9.84 Å². The van der Waals surface area contributed by atoms with Crippen LogP contribution in [0.4, 0.5) is 0 Å². The Kier molecular flexibility index (Phi) is 4.03. The molecule has 0 spiro atoms. The molecule has 8 heteroatoms. The van der Waals surface area contributed by atoms with Gasteiger partial charge in [-0.1, -0.05) is 0 Å². The molecule has 7 nitrogen and oxygen atoms in total. The Morgan fingerprint density at radius 3 is 2.80 bits per heavy atom. The van der Waals surface area contributed by atoms with Gasteiger partial charge in [0.05, 0.1) is 12.1 Å². The molecule has 0 bridgehead atoms. The summed E-state index contributed by atoms with van der Waals surface area (Å²) >= 11 is 0. The van der Waals surface area contributed by atoms with Gasteiger partial charge in [0, 0.05) is 20.2 Å². The smallest absolute Gasteiger partial charge is 0.320 e. The van der Waals surface area contributed by atoms with E-state index < -0.39 is 27.8 Å². The number of hydrogen-bond donors (Lipinski definition) is 3. The molecular formula is C7H14N2O5S. The Labute approximate surface area is 87.9 Å². The largest absolute Gasteiger partial charge is 0.480 e. The van der Waals surface area contributed by atoms with E-state index in [1.165, 1.54) is 7.11 Å². The lowest BCUT2D eigenvalue weighted by Gasteiger charge is -2.17. The first-order valence-electron chi connectivity index (χ1n) is 4.40. The first kappa shape index (κ1) is 12.4. The molecule has 0 amide bonds. The molecule has 0 aliphatic carbocycles. The molecule has 1 unspecified atom stereocenters. The predicted molar refractivity (Wildman–Crippen MR) is 52.0 cm³/mol. The molecule has 0 aromatic carbocycles. The standard InChI is InChI=1S/C7H14N2O5S/c1-14-6-3-8-2-5(6)9-15(12,13)4-7(10)11/h5-6,8-9H,2-4H2,1H3,(H,10,11)/t5?,6-/m0/s1. The highest BCUT2D eigenvalue weighted by Crippen LogP contribution is 2.05. The average molecular weight is 238 g/mol. The molecule has 0 saturated carbocycles. The van der Waals surface area contributed by atoms with Gasteiger partial charge in [-0.25, -0.2) is 13.1 Å². The molecule has 1 aliphatic heterocycles. The van der Waals surface area contributed by atoms with Crippen LogP contribution < -0.4 is 10.0 Å². The summed E-state index contributed by atoms with van der Waals surface area (Å²) in [4.78, 5) is 10.3. The topological polar surface area (TPSA) is 105 Å². The van der Waals surface area contributed by atoms with Crippen LogP contribution in [0.1, 0.15) is 0 Å². The van der Waals surface area contributed by atoms with Crippen molar-refractivity contribution in [2.24, 2.45) is 0 Å². The second-order valence-corrected chi connectivity index (χ2v) is 5.06. The van der Waals surface area contributed by atoms with Gasteiger partial charge in [0.2, 0.25) is 10.0 Å². The van der Waals surface area contributed by atoms with Gasteiger partial charge in [0.15, 0.2) is 5.75 Å². The summed E-state index contributed by atoms with van der Waals surface area (Å²) in [6.07, 6.45) is -0.256. The number of hydrogen-bond acceptors (Lipinski definition) is 5. The number of sulfonamides is 1. The zero-order valence-corrected chi connectivity index (χ0v) is 9.08. The van der Waals surface area contributed by atoms with Crippen molar-refractivity contribution in [1.29, 1.82) is 0 Å². The molecule has 1 aliphatic rings. The van der Waals surface area contributed by atoms with Gasteiger partial charge in [-0.05, 0) is 0 Å². The number of aliphatic carboxylic acids is 1. The molecular weight excluding hydrogens is 224 g/mol. The lowest BCUT2D eigenvalue weighted by molar-refractivity contribution is -0.134. The van der Waals surface area contributed by atoms with Crippen LogP contribution in [0.25, 0.3) is 0 Å². The van der Waals surface area contributed by atoms with Gasteiger partial charge in [-0.2, -0.15) is 0 Å². The Bertz CT molecular complexity index is 328. The average Bonchev–Trinajstić information content (AvgIpc) is 2.48. The minimum atomic E-state index is -3.78. The summed E-state index contributed by atoms with van der Waals surface area (Å²) in [5.74, 6) is -2.29. The van der Waals surface area contributed by atoms with Crippen LogP contribution in [0.2, 0.25) is 0 Å². The maximum Gasteiger partial charge on any atom is 0.320 e. The van der Waals surface area contributed by atoms with Crippen molar-refractivity contribution >= 4 is 16.0 Å². The molecule has 0 aromatic rings. The van der Waals surface area contributed by atoms with E-state index in [-0.39, 0.29) is 6.10 Å². The lowest BCUT2D eigenvalue weighted by Crippen LogP contribution is -2.45. The summed E-state index contributed by atoms with van der Waals surface area (Å²) in [5, 5.41) is 11.3. The number of rotatable bonds is 5. The van der Waals surface area contributed by atoms with Crippen molar-refractivity contribution in [3.63, 3.8) is 0 Å². The minimum absolute atomic E-state index is 0.256. The van der Waals surface area contributed by atoms with Crippen LogP contribution in [-0.4, -0.2) is 57.6 Å². The molecule has 2 atom stereocenters. The fraction of sp³-hybridized carbons (Fsp3) is 0.857. The zero-order chi connectivity index (χ0) is 11.5. The molecule has 3 N–H and O–H groups in total. The lowest BCUT2D eigenvalue weighted by atomic mass is 10.2. The van der Waals surface area contributed by atoms with Gasteiger partial charge >= 0.3 is 5.97 Å². The van der Waals surface area contributed by atoms with E-state index in [1.807, 2.05) is 0 Å².